The molecule has 4 nitrogen and oxygen atoms in total. The fourth-order valence-electron chi connectivity index (χ4n) is 1.71. The SMILES string of the molecule is CCCC(N)Cc1ccn2nccc2n1. The average molecular weight is 204 g/mol. The second-order valence-corrected chi connectivity index (χ2v) is 3.81. The van der Waals surface area contributed by atoms with Gasteiger partial charge in [0, 0.05) is 30.4 Å². The van der Waals surface area contributed by atoms with Crippen molar-refractivity contribution in [2.24, 2.45) is 5.73 Å². The van der Waals surface area contributed by atoms with Gasteiger partial charge < -0.3 is 5.73 Å². The van der Waals surface area contributed by atoms with E-state index in [1.54, 1.807) is 10.7 Å². The molecule has 0 aliphatic rings. The molecule has 0 radical (unpaired) electrons. The molecule has 2 N–H and O–H groups in total. The maximum atomic E-state index is 5.97. The molecule has 0 spiro atoms. The first-order valence-electron chi connectivity index (χ1n) is 5.34. The molecule has 2 aromatic rings. The van der Waals surface area contributed by atoms with Gasteiger partial charge in [-0.25, -0.2) is 9.50 Å². The molecule has 2 rings (SSSR count). The van der Waals surface area contributed by atoms with Crippen LogP contribution in [0, 0.1) is 0 Å². The smallest absolute Gasteiger partial charge is 0.155 e. The van der Waals surface area contributed by atoms with Gasteiger partial charge in [0.1, 0.15) is 0 Å². The Morgan fingerprint density at radius 3 is 3.13 bits per heavy atom. The molecule has 0 saturated carbocycles. The number of hydrogen-bond donors (Lipinski definition) is 1. The minimum Gasteiger partial charge on any atom is -0.327 e. The quantitative estimate of drug-likeness (QED) is 0.819. The van der Waals surface area contributed by atoms with Gasteiger partial charge in [-0.3, -0.25) is 0 Å². The Kier molecular flexibility index (Phi) is 2.97. The highest BCUT2D eigenvalue weighted by Gasteiger charge is 2.05. The van der Waals surface area contributed by atoms with Crippen molar-refractivity contribution in [1.82, 2.24) is 14.6 Å². The summed E-state index contributed by atoms with van der Waals surface area (Å²) in [5.74, 6) is 0. The first kappa shape index (κ1) is 10.1. The van der Waals surface area contributed by atoms with E-state index >= 15 is 0 Å². The molecule has 15 heavy (non-hydrogen) atoms. The standard InChI is InChI=1S/C11H16N4/c1-2-3-9(12)8-10-5-7-15-11(14-10)4-6-13-15/h4-7,9H,2-3,8,12H2,1H3. The van der Waals surface area contributed by atoms with Gasteiger partial charge in [-0.2, -0.15) is 5.10 Å². The normalized spacial score (nSPS) is 13.2. The number of hydrogen-bond acceptors (Lipinski definition) is 3. The first-order chi connectivity index (χ1) is 7.29. The van der Waals surface area contributed by atoms with Gasteiger partial charge in [0.25, 0.3) is 0 Å². The Balaban J connectivity index is 2.14. The highest BCUT2D eigenvalue weighted by atomic mass is 15.2. The summed E-state index contributed by atoms with van der Waals surface area (Å²) >= 11 is 0. The van der Waals surface area contributed by atoms with Crippen LogP contribution in [0.1, 0.15) is 25.5 Å². The number of aromatic nitrogens is 3. The maximum Gasteiger partial charge on any atom is 0.155 e. The van der Waals surface area contributed by atoms with Crippen molar-refractivity contribution in [3.8, 4) is 0 Å². The zero-order valence-corrected chi connectivity index (χ0v) is 8.93. The summed E-state index contributed by atoms with van der Waals surface area (Å²) in [6.45, 7) is 2.15. The second kappa shape index (κ2) is 4.40. The first-order valence-corrected chi connectivity index (χ1v) is 5.34. The van der Waals surface area contributed by atoms with Crippen molar-refractivity contribution in [2.45, 2.75) is 32.2 Å². The van der Waals surface area contributed by atoms with Crippen LogP contribution in [0.15, 0.2) is 24.5 Å². The van der Waals surface area contributed by atoms with E-state index in [0.29, 0.717) is 0 Å². The molecule has 80 valence electrons. The molecule has 0 saturated heterocycles. The summed E-state index contributed by atoms with van der Waals surface area (Å²) < 4.78 is 1.76. The minimum absolute atomic E-state index is 0.216. The molecule has 0 aromatic carbocycles. The van der Waals surface area contributed by atoms with E-state index in [1.165, 1.54) is 0 Å². The van der Waals surface area contributed by atoms with Crippen LogP contribution >= 0.6 is 0 Å². The molecule has 0 bridgehead atoms. The van der Waals surface area contributed by atoms with E-state index in [4.69, 9.17) is 5.73 Å². The Hall–Kier alpha value is -1.42. The molecule has 2 heterocycles. The molecule has 1 unspecified atom stereocenters. The maximum absolute atomic E-state index is 5.97. The van der Waals surface area contributed by atoms with E-state index in [9.17, 15) is 0 Å². The Bertz CT molecular complexity index is 435. The third-order valence-electron chi connectivity index (χ3n) is 2.45. The summed E-state index contributed by atoms with van der Waals surface area (Å²) in [5, 5.41) is 4.10. The van der Waals surface area contributed by atoms with Crippen LogP contribution in [-0.4, -0.2) is 20.6 Å². The van der Waals surface area contributed by atoms with Crippen LogP contribution in [0.4, 0.5) is 0 Å². The van der Waals surface area contributed by atoms with Crippen LogP contribution in [0.3, 0.4) is 0 Å². The number of fused-ring (bicyclic) bond motifs is 1. The van der Waals surface area contributed by atoms with E-state index < -0.39 is 0 Å². The lowest BCUT2D eigenvalue weighted by Gasteiger charge is -2.09. The summed E-state index contributed by atoms with van der Waals surface area (Å²) in [6.07, 6.45) is 6.69. The van der Waals surface area contributed by atoms with Crippen molar-refractivity contribution in [3.05, 3.63) is 30.2 Å². The lowest BCUT2D eigenvalue weighted by molar-refractivity contribution is 0.593. The molecular formula is C11H16N4. The average Bonchev–Trinajstić information content (AvgIpc) is 2.65. The highest BCUT2D eigenvalue weighted by Crippen LogP contribution is 2.05. The summed E-state index contributed by atoms with van der Waals surface area (Å²) in [7, 11) is 0. The zero-order chi connectivity index (χ0) is 10.7. The molecular weight excluding hydrogens is 188 g/mol. The van der Waals surface area contributed by atoms with Crippen molar-refractivity contribution < 1.29 is 0 Å². The van der Waals surface area contributed by atoms with E-state index in [1.807, 2.05) is 18.3 Å². The summed E-state index contributed by atoms with van der Waals surface area (Å²) in [5.41, 5.74) is 7.90. The molecule has 0 amide bonds. The second-order valence-electron chi connectivity index (χ2n) is 3.81. The van der Waals surface area contributed by atoms with Crippen LogP contribution in [0.25, 0.3) is 5.65 Å². The predicted molar refractivity (Wildman–Crippen MR) is 59.6 cm³/mol. The lowest BCUT2D eigenvalue weighted by Crippen LogP contribution is -2.22. The van der Waals surface area contributed by atoms with Crippen LogP contribution in [0.5, 0.6) is 0 Å². The molecule has 0 fully saturated rings. The van der Waals surface area contributed by atoms with Gasteiger partial charge in [-0.1, -0.05) is 13.3 Å². The van der Waals surface area contributed by atoms with Gasteiger partial charge in [0.05, 0.1) is 6.20 Å². The highest BCUT2D eigenvalue weighted by molar-refractivity contribution is 5.36. The largest absolute Gasteiger partial charge is 0.327 e. The number of nitrogens with zero attached hydrogens (tertiary/aromatic N) is 3. The van der Waals surface area contributed by atoms with Gasteiger partial charge >= 0.3 is 0 Å². The lowest BCUT2D eigenvalue weighted by atomic mass is 10.1. The van der Waals surface area contributed by atoms with Crippen molar-refractivity contribution in [1.29, 1.82) is 0 Å². The van der Waals surface area contributed by atoms with Gasteiger partial charge in [0.15, 0.2) is 5.65 Å². The molecule has 2 aromatic heterocycles. The van der Waals surface area contributed by atoms with Gasteiger partial charge in [0.2, 0.25) is 0 Å². The molecule has 0 aliphatic carbocycles. The summed E-state index contributed by atoms with van der Waals surface area (Å²) in [6, 6.07) is 4.09. The topological polar surface area (TPSA) is 56.2 Å². The predicted octanol–water partition coefficient (Wildman–Crippen LogP) is 1.40. The van der Waals surface area contributed by atoms with Crippen LogP contribution < -0.4 is 5.73 Å². The number of nitrogens with two attached hydrogens (primary N) is 1. The number of rotatable bonds is 4. The molecule has 1 atom stereocenters. The third-order valence-corrected chi connectivity index (χ3v) is 2.45. The van der Waals surface area contributed by atoms with Gasteiger partial charge in [-0.15, -0.1) is 0 Å². The van der Waals surface area contributed by atoms with Crippen molar-refractivity contribution >= 4 is 5.65 Å². The minimum atomic E-state index is 0.216. The fourth-order valence-corrected chi connectivity index (χ4v) is 1.71. The van der Waals surface area contributed by atoms with Crippen molar-refractivity contribution in [2.75, 3.05) is 0 Å². The Labute approximate surface area is 89.1 Å². The van der Waals surface area contributed by atoms with Crippen LogP contribution in [0.2, 0.25) is 0 Å². The zero-order valence-electron chi connectivity index (χ0n) is 8.93. The monoisotopic (exact) mass is 204 g/mol. The molecule has 4 heteroatoms. The fraction of sp³-hybridized carbons (Fsp3) is 0.455. The third kappa shape index (κ3) is 2.33. The molecule has 0 aliphatic heterocycles. The van der Waals surface area contributed by atoms with E-state index in [0.717, 1.165) is 30.6 Å². The van der Waals surface area contributed by atoms with E-state index in [-0.39, 0.29) is 6.04 Å². The van der Waals surface area contributed by atoms with Crippen molar-refractivity contribution in [3.63, 3.8) is 0 Å². The Morgan fingerprint density at radius 2 is 2.33 bits per heavy atom. The Morgan fingerprint density at radius 1 is 1.47 bits per heavy atom. The van der Waals surface area contributed by atoms with Crippen LogP contribution in [-0.2, 0) is 6.42 Å². The summed E-state index contributed by atoms with van der Waals surface area (Å²) in [4.78, 5) is 4.48. The van der Waals surface area contributed by atoms with Gasteiger partial charge in [-0.05, 0) is 12.5 Å². The van der Waals surface area contributed by atoms with E-state index in [2.05, 4.69) is 17.0 Å².